The van der Waals surface area contributed by atoms with Crippen molar-refractivity contribution in [3.8, 4) is 0 Å². The maximum atomic E-state index is 4.61. The molecule has 0 aliphatic heterocycles. The minimum Gasteiger partial charge on any atom is -0.328 e. The molecule has 1 heterocycles. The Bertz CT molecular complexity index is 522. The average molecular weight is 256 g/mol. The van der Waals surface area contributed by atoms with E-state index in [0.717, 1.165) is 30.3 Å². The summed E-state index contributed by atoms with van der Waals surface area (Å²) in [7, 11) is 2.01. The van der Waals surface area contributed by atoms with Crippen LogP contribution in [0, 0.1) is 6.92 Å². The molecule has 1 aromatic heterocycles. The van der Waals surface area contributed by atoms with E-state index in [-0.39, 0.29) is 0 Å². The molecular formula is C15H20N4. The van der Waals surface area contributed by atoms with Gasteiger partial charge in [-0.1, -0.05) is 24.6 Å². The Morgan fingerprint density at radius 1 is 1.16 bits per heavy atom. The fraction of sp³-hybridized carbons (Fsp3) is 0.333. The van der Waals surface area contributed by atoms with E-state index in [0.29, 0.717) is 0 Å². The van der Waals surface area contributed by atoms with E-state index >= 15 is 0 Å². The van der Waals surface area contributed by atoms with Crippen molar-refractivity contribution in [3.63, 3.8) is 0 Å². The number of nitrogens with zero attached hydrogens (tertiary/aromatic N) is 3. The zero-order valence-corrected chi connectivity index (χ0v) is 11.7. The third kappa shape index (κ3) is 3.51. The second-order valence-corrected chi connectivity index (χ2v) is 4.54. The molecule has 2 rings (SSSR count). The summed E-state index contributed by atoms with van der Waals surface area (Å²) >= 11 is 0. The van der Waals surface area contributed by atoms with Crippen LogP contribution < -0.4 is 10.2 Å². The smallest absolute Gasteiger partial charge is 0.151 e. The van der Waals surface area contributed by atoms with Gasteiger partial charge in [0.05, 0.1) is 11.9 Å². The summed E-state index contributed by atoms with van der Waals surface area (Å²) < 4.78 is 0. The minimum absolute atomic E-state index is 0.749. The van der Waals surface area contributed by atoms with Crippen LogP contribution in [0.4, 0.5) is 11.5 Å². The molecule has 0 amide bonds. The van der Waals surface area contributed by atoms with Crippen molar-refractivity contribution in [2.45, 2.75) is 20.4 Å². The molecule has 0 aliphatic carbocycles. The summed E-state index contributed by atoms with van der Waals surface area (Å²) in [6, 6.07) is 8.38. The predicted octanol–water partition coefficient (Wildman–Crippen LogP) is 2.66. The van der Waals surface area contributed by atoms with Gasteiger partial charge in [-0.15, -0.1) is 0 Å². The van der Waals surface area contributed by atoms with Crippen molar-refractivity contribution in [1.29, 1.82) is 0 Å². The van der Waals surface area contributed by atoms with E-state index < -0.39 is 0 Å². The topological polar surface area (TPSA) is 41.1 Å². The number of nitrogens with one attached hydrogen (secondary N) is 1. The van der Waals surface area contributed by atoms with Crippen LogP contribution >= 0.6 is 0 Å². The number of hydrogen-bond acceptors (Lipinski definition) is 4. The van der Waals surface area contributed by atoms with Gasteiger partial charge in [0.2, 0.25) is 0 Å². The molecule has 2 aromatic rings. The first-order valence-corrected chi connectivity index (χ1v) is 6.52. The van der Waals surface area contributed by atoms with Crippen LogP contribution in [-0.2, 0) is 6.54 Å². The number of rotatable bonds is 5. The lowest BCUT2D eigenvalue weighted by Gasteiger charge is -2.18. The Labute approximate surface area is 114 Å². The molecule has 19 heavy (non-hydrogen) atoms. The van der Waals surface area contributed by atoms with Crippen LogP contribution in [0.5, 0.6) is 0 Å². The highest BCUT2D eigenvalue weighted by Gasteiger charge is 2.06. The van der Waals surface area contributed by atoms with Crippen LogP contribution in [0.15, 0.2) is 36.7 Å². The normalized spacial score (nSPS) is 10.5. The fourth-order valence-electron chi connectivity index (χ4n) is 1.80. The summed E-state index contributed by atoms with van der Waals surface area (Å²) in [4.78, 5) is 10.9. The summed E-state index contributed by atoms with van der Waals surface area (Å²) in [6.07, 6.45) is 3.59. The van der Waals surface area contributed by atoms with E-state index in [4.69, 9.17) is 0 Å². The number of aryl methyl sites for hydroxylation is 1. The highest BCUT2D eigenvalue weighted by atomic mass is 15.2. The van der Waals surface area contributed by atoms with Gasteiger partial charge in [0, 0.05) is 25.5 Å². The SMILES string of the molecule is CCNCc1cncc(N(C)c2ccc(C)cc2)n1. The third-order valence-corrected chi connectivity index (χ3v) is 2.99. The summed E-state index contributed by atoms with van der Waals surface area (Å²) in [6.45, 7) is 5.84. The maximum Gasteiger partial charge on any atom is 0.151 e. The standard InChI is InChI=1S/C15H20N4/c1-4-16-9-13-10-17-11-15(18-13)19(3)14-7-5-12(2)6-8-14/h5-8,10-11,16H,4,9H2,1-3H3. The maximum absolute atomic E-state index is 4.61. The van der Waals surface area contributed by atoms with Gasteiger partial charge in [0.1, 0.15) is 0 Å². The molecule has 0 saturated heterocycles. The minimum atomic E-state index is 0.749. The Morgan fingerprint density at radius 3 is 2.58 bits per heavy atom. The van der Waals surface area contributed by atoms with E-state index in [1.165, 1.54) is 5.56 Å². The Hall–Kier alpha value is -1.94. The van der Waals surface area contributed by atoms with Gasteiger partial charge in [-0.2, -0.15) is 0 Å². The van der Waals surface area contributed by atoms with Crippen molar-refractivity contribution in [1.82, 2.24) is 15.3 Å². The fourth-order valence-corrected chi connectivity index (χ4v) is 1.80. The highest BCUT2D eigenvalue weighted by Crippen LogP contribution is 2.21. The summed E-state index contributed by atoms with van der Waals surface area (Å²) in [5.74, 6) is 0.860. The molecule has 0 atom stereocenters. The monoisotopic (exact) mass is 256 g/mol. The number of aromatic nitrogens is 2. The van der Waals surface area contributed by atoms with Crippen molar-refractivity contribution in [3.05, 3.63) is 47.9 Å². The average Bonchev–Trinajstić information content (AvgIpc) is 2.45. The molecule has 1 aromatic carbocycles. The van der Waals surface area contributed by atoms with Gasteiger partial charge < -0.3 is 10.2 Å². The molecule has 4 heteroatoms. The van der Waals surface area contributed by atoms with Crippen LogP contribution in [0.1, 0.15) is 18.2 Å². The third-order valence-electron chi connectivity index (χ3n) is 2.99. The predicted molar refractivity (Wildman–Crippen MR) is 78.7 cm³/mol. The molecule has 4 nitrogen and oxygen atoms in total. The molecule has 0 unspecified atom stereocenters. The number of hydrogen-bond donors (Lipinski definition) is 1. The molecule has 0 spiro atoms. The molecule has 0 bridgehead atoms. The van der Waals surface area contributed by atoms with Gasteiger partial charge in [0.15, 0.2) is 5.82 Å². The Balaban J connectivity index is 2.18. The molecule has 0 radical (unpaired) electrons. The first-order chi connectivity index (χ1) is 9.20. The van der Waals surface area contributed by atoms with Gasteiger partial charge >= 0.3 is 0 Å². The zero-order chi connectivity index (χ0) is 13.7. The lowest BCUT2D eigenvalue weighted by Crippen LogP contribution is -2.16. The van der Waals surface area contributed by atoms with E-state index in [9.17, 15) is 0 Å². The van der Waals surface area contributed by atoms with E-state index in [1.807, 2.05) is 11.9 Å². The number of anilines is 2. The lowest BCUT2D eigenvalue weighted by atomic mass is 10.2. The van der Waals surface area contributed by atoms with Crippen molar-refractivity contribution >= 4 is 11.5 Å². The molecule has 100 valence electrons. The van der Waals surface area contributed by atoms with E-state index in [2.05, 4.69) is 53.4 Å². The molecular weight excluding hydrogens is 236 g/mol. The zero-order valence-electron chi connectivity index (χ0n) is 11.7. The molecule has 0 aliphatic rings. The molecule has 1 N–H and O–H groups in total. The van der Waals surface area contributed by atoms with Gasteiger partial charge in [-0.05, 0) is 25.6 Å². The van der Waals surface area contributed by atoms with Crippen LogP contribution in [-0.4, -0.2) is 23.6 Å². The Morgan fingerprint density at radius 2 is 1.89 bits per heavy atom. The summed E-state index contributed by atoms with van der Waals surface area (Å²) in [5.41, 5.74) is 3.32. The largest absolute Gasteiger partial charge is 0.328 e. The second kappa shape index (κ2) is 6.29. The Kier molecular flexibility index (Phi) is 4.47. The highest BCUT2D eigenvalue weighted by molar-refractivity contribution is 5.58. The first-order valence-electron chi connectivity index (χ1n) is 6.52. The van der Waals surface area contributed by atoms with Gasteiger partial charge in [0.25, 0.3) is 0 Å². The van der Waals surface area contributed by atoms with Crippen molar-refractivity contribution in [2.75, 3.05) is 18.5 Å². The quantitative estimate of drug-likeness (QED) is 0.893. The van der Waals surface area contributed by atoms with Gasteiger partial charge in [-0.25, -0.2) is 4.98 Å². The molecule has 0 saturated carbocycles. The second-order valence-electron chi connectivity index (χ2n) is 4.54. The van der Waals surface area contributed by atoms with Crippen LogP contribution in [0.3, 0.4) is 0 Å². The van der Waals surface area contributed by atoms with E-state index in [1.54, 1.807) is 12.4 Å². The lowest BCUT2D eigenvalue weighted by molar-refractivity contribution is 0.707. The number of benzene rings is 1. The van der Waals surface area contributed by atoms with Crippen molar-refractivity contribution in [2.24, 2.45) is 0 Å². The van der Waals surface area contributed by atoms with Crippen LogP contribution in [0.25, 0.3) is 0 Å². The van der Waals surface area contributed by atoms with Crippen LogP contribution in [0.2, 0.25) is 0 Å². The van der Waals surface area contributed by atoms with Gasteiger partial charge in [-0.3, -0.25) is 4.98 Å². The van der Waals surface area contributed by atoms with Crippen molar-refractivity contribution < 1.29 is 0 Å². The molecule has 0 fully saturated rings. The summed E-state index contributed by atoms with van der Waals surface area (Å²) in [5, 5.41) is 3.26. The first kappa shape index (κ1) is 13.5.